The summed E-state index contributed by atoms with van der Waals surface area (Å²) in [7, 11) is 1.52. The molecule has 26 heavy (non-hydrogen) atoms. The minimum atomic E-state index is -4.58. The molecule has 0 aliphatic carbocycles. The largest absolute Gasteiger partial charge is 0.497 e. The molecule has 8 heteroatoms. The molecule has 0 saturated heterocycles. The van der Waals surface area contributed by atoms with Crippen molar-refractivity contribution in [3.05, 3.63) is 59.7 Å². The van der Waals surface area contributed by atoms with Gasteiger partial charge in [-0.3, -0.25) is 4.79 Å². The molecule has 0 aliphatic rings. The van der Waals surface area contributed by atoms with Crippen LogP contribution >= 0.6 is 0 Å². The molecule has 140 valence electrons. The van der Waals surface area contributed by atoms with Crippen molar-refractivity contribution in [3.8, 4) is 11.5 Å². The van der Waals surface area contributed by atoms with E-state index in [2.05, 4.69) is 5.32 Å². The highest BCUT2D eigenvalue weighted by Gasteiger charge is 2.34. The van der Waals surface area contributed by atoms with Crippen LogP contribution in [0, 0.1) is 0 Å². The maximum atomic E-state index is 12.9. The number of hydrogen-bond acceptors (Lipinski definition) is 4. The van der Waals surface area contributed by atoms with E-state index in [1.807, 2.05) is 0 Å². The van der Waals surface area contributed by atoms with E-state index < -0.39 is 23.8 Å². The number of ether oxygens (including phenoxy) is 2. The van der Waals surface area contributed by atoms with E-state index in [0.29, 0.717) is 11.5 Å². The predicted molar refractivity (Wildman–Crippen MR) is 87.9 cm³/mol. The highest BCUT2D eigenvalue weighted by molar-refractivity contribution is 5.77. The molecule has 1 amide bonds. The van der Waals surface area contributed by atoms with E-state index in [0.717, 1.165) is 6.07 Å². The molecule has 0 fully saturated rings. The Morgan fingerprint density at radius 3 is 2.35 bits per heavy atom. The van der Waals surface area contributed by atoms with Crippen LogP contribution < -0.4 is 14.8 Å². The molecule has 0 bridgehead atoms. The Balaban J connectivity index is 1.87. The fourth-order valence-corrected chi connectivity index (χ4v) is 2.24. The molecule has 2 rings (SSSR count). The summed E-state index contributed by atoms with van der Waals surface area (Å²) in [5.41, 5.74) is -1.23. The van der Waals surface area contributed by atoms with Gasteiger partial charge >= 0.3 is 6.18 Å². The van der Waals surface area contributed by atoms with Crippen molar-refractivity contribution >= 4 is 5.91 Å². The number of methoxy groups -OCH3 is 1. The minimum Gasteiger partial charge on any atom is -0.497 e. The molecule has 1 unspecified atom stereocenters. The molecule has 1 atom stereocenters. The van der Waals surface area contributed by atoms with Crippen molar-refractivity contribution in [1.29, 1.82) is 0 Å². The van der Waals surface area contributed by atoms with Gasteiger partial charge in [0.15, 0.2) is 6.61 Å². The first kappa shape index (κ1) is 19.6. The summed E-state index contributed by atoms with van der Waals surface area (Å²) >= 11 is 0. The highest BCUT2D eigenvalue weighted by Crippen LogP contribution is 2.34. The zero-order valence-electron chi connectivity index (χ0n) is 13.9. The van der Waals surface area contributed by atoms with Crippen LogP contribution in [0.25, 0.3) is 0 Å². The number of carbonyl (C=O) groups excluding carboxylic acids is 1. The standard InChI is InChI=1S/C18H18F3NO4/c1-25-12-6-8-13(9-7-12)26-11-17(24)22-10-16(23)14-4-2-3-5-15(14)18(19,20)21/h2-9,16,23H,10-11H2,1H3,(H,22,24). The summed E-state index contributed by atoms with van der Waals surface area (Å²) in [6.45, 7) is -0.697. The summed E-state index contributed by atoms with van der Waals surface area (Å²) in [4.78, 5) is 11.8. The Bertz CT molecular complexity index is 732. The highest BCUT2D eigenvalue weighted by atomic mass is 19.4. The second-order valence-corrected chi connectivity index (χ2v) is 5.37. The van der Waals surface area contributed by atoms with Gasteiger partial charge in [-0.05, 0) is 35.9 Å². The van der Waals surface area contributed by atoms with Crippen LogP contribution in [-0.2, 0) is 11.0 Å². The maximum Gasteiger partial charge on any atom is 0.416 e. The molecule has 0 aliphatic heterocycles. The zero-order valence-corrected chi connectivity index (χ0v) is 13.9. The Hall–Kier alpha value is -2.74. The summed E-state index contributed by atoms with van der Waals surface area (Å²) in [6, 6.07) is 11.2. The van der Waals surface area contributed by atoms with Gasteiger partial charge in [0.25, 0.3) is 5.91 Å². The van der Waals surface area contributed by atoms with E-state index in [4.69, 9.17) is 9.47 Å². The van der Waals surface area contributed by atoms with Crippen LogP contribution in [0.15, 0.2) is 48.5 Å². The lowest BCUT2D eigenvalue weighted by molar-refractivity contribution is -0.139. The van der Waals surface area contributed by atoms with Gasteiger partial charge in [0.05, 0.1) is 18.8 Å². The first-order chi connectivity index (χ1) is 12.3. The summed E-state index contributed by atoms with van der Waals surface area (Å²) < 4.78 is 49.1. The number of aliphatic hydroxyl groups is 1. The smallest absolute Gasteiger partial charge is 0.416 e. The number of hydrogen-bond donors (Lipinski definition) is 2. The molecule has 2 aromatic carbocycles. The monoisotopic (exact) mass is 369 g/mol. The van der Waals surface area contributed by atoms with Crippen LogP contribution in [-0.4, -0.2) is 31.3 Å². The molecule has 0 radical (unpaired) electrons. The number of aliphatic hydroxyl groups excluding tert-OH is 1. The van der Waals surface area contributed by atoms with Gasteiger partial charge in [-0.1, -0.05) is 18.2 Å². The van der Waals surface area contributed by atoms with Gasteiger partial charge in [0.1, 0.15) is 11.5 Å². The number of amides is 1. The Labute approximate surface area is 148 Å². The van der Waals surface area contributed by atoms with Gasteiger partial charge in [0.2, 0.25) is 0 Å². The van der Waals surface area contributed by atoms with Gasteiger partial charge in [0, 0.05) is 6.54 Å². The Morgan fingerprint density at radius 1 is 1.12 bits per heavy atom. The SMILES string of the molecule is COc1ccc(OCC(=O)NCC(O)c2ccccc2C(F)(F)F)cc1. The maximum absolute atomic E-state index is 12.9. The second-order valence-electron chi connectivity index (χ2n) is 5.37. The molecule has 2 aromatic rings. The summed E-state index contributed by atoms with van der Waals surface area (Å²) in [5, 5.41) is 12.3. The van der Waals surface area contributed by atoms with E-state index >= 15 is 0 Å². The van der Waals surface area contributed by atoms with Crippen molar-refractivity contribution in [3.63, 3.8) is 0 Å². The number of benzene rings is 2. The molecular weight excluding hydrogens is 351 g/mol. The topological polar surface area (TPSA) is 67.8 Å². The van der Waals surface area contributed by atoms with Crippen LogP contribution in [0.5, 0.6) is 11.5 Å². The first-order valence-corrected chi connectivity index (χ1v) is 7.69. The van der Waals surface area contributed by atoms with Crippen LogP contribution in [0.2, 0.25) is 0 Å². The Kier molecular flexibility index (Phi) is 6.46. The van der Waals surface area contributed by atoms with Gasteiger partial charge in [-0.2, -0.15) is 13.2 Å². The lowest BCUT2D eigenvalue weighted by Crippen LogP contribution is -2.33. The summed E-state index contributed by atoms with van der Waals surface area (Å²) in [6.07, 6.45) is -6.07. The average molecular weight is 369 g/mol. The van der Waals surface area contributed by atoms with Gasteiger partial charge in [-0.25, -0.2) is 0 Å². The number of halogens is 3. The van der Waals surface area contributed by atoms with E-state index in [1.165, 1.54) is 25.3 Å². The lowest BCUT2D eigenvalue weighted by Gasteiger charge is -2.18. The van der Waals surface area contributed by atoms with Crippen molar-refractivity contribution in [1.82, 2.24) is 5.32 Å². The van der Waals surface area contributed by atoms with Crippen LogP contribution in [0.3, 0.4) is 0 Å². The number of alkyl halides is 3. The van der Waals surface area contributed by atoms with E-state index in [1.54, 1.807) is 24.3 Å². The minimum absolute atomic E-state index is 0.295. The molecule has 2 N–H and O–H groups in total. The quantitative estimate of drug-likeness (QED) is 0.788. The van der Waals surface area contributed by atoms with Crippen LogP contribution in [0.1, 0.15) is 17.2 Å². The fourth-order valence-electron chi connectivity index (χ4n) is 2.24. The molecular formula is C18H18F3NO4. The molecule has 0 spiro atoms. The number of carbonyl (C=O) groups is 1. The molecule has 0 aromatic heterocycles. The third-order valence-corrected chi connectivity index (χ3v) is 3.55. The second kappa shape index (κ2) is 8.57. The normalized spacial score (nSPS) is 12.3. The number of nitrogens with one attached hydrogen (secondary N) is 1. The first-order valence-electron chi connectivity index (χ1n) is 7.69. The van der Waals surface area contributed by atoms with Gasteiger partial charge in [-0.15, -0.1) is 0 Å². The van der Waals surface area contributed by atoms with Crippen molar-refractivity contribution in [2.75, 3.05) is 20.3 Å². The molecule has 5 nitrogen and oxygen atoms in total. The third-order valence-electron chi connectivity index (χ3n) is 3.55. The average Bonchev–Trinajstić information content (AvgIpc) is 2.64. The van der Waals surface area contributed by atoms with Crippen molar-refractivity contribution < 1.29 is 32.5 Å². The summed E-state index contributed by atoms with van der Waals surface area (Å²) in [5.74, 6) is 0.501. The molecule has 0 heterocycles. The fraction of sp³-hybridized carbons (Fsp3) is 0.278. The van der Waals surface area contributed by atoms with E-state index in [9.17, 15) is 23.1 Å². The number of rotatable bonds is 7. The lowest BCUT2D eigenvalue weighted by atomic mass is 10.0. The van der Waals surface area contributed by atoms with Crippen molar-refractivity contribution in [2.45, 2.75) is 12.3 Å². The molecule has 0 saturated carbocycles. The van der Waals surface area contributed by atoms with Gasteiger partial charge < -0.3 is 19.9 Å². The predicted octanol–water partition coefficient (Wildman–Crippen LogP) is 2.94. The third kappa shape index (κ3) is 5.38. The Morgan fingerprint density at radius 2 is 1.73 bits per heavy atom. The van der Waals surface area contributed by atoms with Crippen LogP contribution in [0.4, 0.5) is 13.2 Å². The van der Waals surface area contributed by atoms with Crippen molar-refractivity contribution in [2.24, 2.45) is 0 Å². The van der Waals surface area contributed by atoms with E-state index in [-0.39, 0.29) is 18.7 Å². The zero-order chi connectivity index (χ0) is 19.2.